The minimum absolute atomic E-state index is 0.190. The van der Waals surface area contributed by atoms with Gasteiger partial charge in [0.25, 0.3) is 0 Å². The molecule has 0 aliphatic rings. The second-order valence-corrected chi connectivity index (χ2v) is 2.37. The Morgan fingerprint density at radius 1 is 1.62 bits per heavy atom. The van der Waals surface area contributed by atoms with E-state index in [0.717, 1.165) is 6.42 Å². The van der Waals surface area contributed by atoms with Crippen molar-refractivity contribution in [3.8, 4) is 0 Å². The molecule has 1 atom stereocenters. The molecule has 0 amide bonds. The fraction of sp³-hybridized carbons (Fsp3) is 0.714. The van der Waals surface area contributed by atoms with E-state index in [1.807, 2.05) is 19.9 Å². The van der Waals surface area contributed by atoms with E-state index in [4.69, 9.17) is 5.11 Å². The molecule has 48 valence electrons. The summed E-state index contributed by atoms with van der Waals surface area (Å²) in [5.74, 6) is 0. The molecule has 0 aliphatic heterocycles. The molecule has 0 radical (unpaired) electrons. The van der Waals surface area contributed by atoms with Gasteiger partial charge in [-0.15, -0.1) is 0 Å². The van der Waals surface area contributed by atoms with Crippen LogP contribution < -0.4 is 0 Å². The Balaban J connectivity index is 3.29. The average molecular weight is 114 g/mol. The molecule has 1 unspecified atom stereocenters. The van der Waals surface area contributed by atoms with Gasteiger partial charge in [0.05, 0.1) is 6.10 Å². The molecular formula is C7H14O. The first-order valence-electron chi connectivity index (χ1n) is 2.94. The number of rotatable bonds is 2. The topological polar surface area (TPSA) is 20.2 Å². The Morgan fingerprint density at radius 2 is 2.12 bits per heavy atom. The van der Waals surface area contributed by atoms with Crippen molar-refractivity contribution in [2.24, 2.45) is 0 Å². The lowest BCUT2D eigenvalue weighted by molar-refractivity contribution is 0.198. The first kappa shape index (κ1) is 7.70. The first-order valence-corrected chi connectivity index (χ1v) is 2.94. The van der Waals surface area contributed by atoms with Gasteiger partial charge in [0, 0.05) is 0 Å². The van der Waals surface area contributed by atoms with Crippen molar-refractivity contribution in [2.45, 2.75) is 33.3 Å². The molecule has 0 aromatic heterocycles. The molecule has 0 spiro atoms. The number of aliphatic hydroxyl groups excluding tert-OH is 1. The molecule has 0 aromatic carbocycles. The number of aliphatic hydroxyl groups is 1. The maximum absolute atomic E-state index is 8.76. The predicted molar refractivity (Wildman–Crippen MR) is 35.7 cm³/mol. The Kier molecular flexibility index (Phi) is 3.53. The minimum Gasteiger partial charge on any atom is -0.393 e. The van der Waals surface area contributed by atoms with Gasteiger partial charge in [-0.25, -0.2) is 0 Å². The van der Waals surface area contributed by atoms with E-state index < -0.39 is 0 Å². The van der Waals surface area contributed by atoms with Gasteiger partial charge in [-0.1, -0.05) is 11.6 Å². The maximum atomic E-state index is 8.76. The summed E-state index contributed by atoms with van der Waals surface area (Å²) in [5.41, 5.74) is 1.27. The van der Waals surface area contributed by atoms with Crippen LogP contribution in [0.2, 0.25) is 0 Å². The zero-order valence-corrected chi connectivity index (χ0v) is 5.81. The quantitative estimate of drug-likeness (QED) is 0.542. The van der Waals surface area contributed by atoms with Crippen molar-refractivity contribution < 1.29 is 5.11 Å². The summed E-state index contributed by atoms with van der Waals surface area (Å²) in [6.45, 7) is 5.85. The Bertz CT molecular complexity index is 78.4. The van der Waals surface area contributed by atoms with Crippen molar-refractivity contribution in [3.05, 3.63) is 11.6 Å². The highest BCUT2D eigenvalue weighted by molar-refractivity contribution is 4.93. The molecule has 8 heavy (non-hydrogen) atoms. The van der Waals surface area contributed by atoms with Gasteiger partial charge in [0.15, 0.2) is 0 Å². The van der Waals surface area contributed by atoms with Crippen molar-refractivity contribution in [3.63, 3.8) is 0 Å². The fourth-order valence-corrected chi connectivity index (χ4v) is 0.406. The van der Waals surface area contributed by atoms with Crippen LogP contribution in [0, 0.1) is 0 Å². The second kappa shape index (κ2) is 3.67. The molecule has 0 saturated carbocycles. The Labute approximate surface area is 51.0 Å². The third-order valence-electron chi connectivity index (χ3n) is 0.867. The van der Waals surface area contributed by atoms with Crippen LogP contribution in [0.4, 0.5) is 0 Å². The van der Waals surface area contributed by atoms with Crippen LogP contribution in [0.3, 0.4) is 0 Å². The van der Waals surface area contributed by atoms with Crippen LogP contribution in [-0.4, -0.2) is 11.2 Å². The largest absolute Gasteiger partial charge is 0.393 e. The number of allylic oxidation sites excluding steroid dienone is 1. The van der Waals surface area contributed by atoms with E-state index in [0.29, 0.717) is 0 Å². The third kappa shape index (κ3) is 5.70. The summed E-state index contributed by atoms with van der Waals surface area (Å²) in [6, 6.07) is 0. The van der Waals surface area contributed by atoms with Crippen molar-refractivity contribution in [2.75, 3.05) is 0 Å². The summed E-state index contributed by atoms with van der Waals surface area (Å²) in [7, 11) is 0. The average Bonchev–Trinajstić information content (AvgIpc) is 1.61. The summed E-state index contributed by atoms with van der Waals surface area (Å²) in [5, 5.41) is 8.76. The van der Waals surface area contributed by atoms with Gasteiger partial charge in [0.1, 0.15) is 0 Å². The van der Waals surface area contributed by atoms with E-state index in [2.05, 4.69) is 0 Å². The van der Waals surface area contributed by atoms with E-state index >= 15 is 0 Å². The molecule has 0 heterocycles. The van der Waals surface area contributed by atoms with Crippen molar-refractivity contribution >= 4 is 0 Å². The highest BCUT2D eigenvalue weighted by Gasteiger charge is 1.88. The molecular weight excluding hydrogens is 100 g/mol. The lowest BCUT2D eigenvalue weighted by atomic mass is 10.2. The highest BCUT2D eigenvalue weighted by Crippen LogP contribution is 1.95. The first-order chi connectivity index (χ1) is 3.63. The summed E-state index contributed by atoms with van der Waals surface area (Å²) >= 11 is 0. The van der Waals surface area contributed by atoms with Crippen LogP contribution in [-0.2, 0) is 0 Å². The highest BCUT2D eigenvalue weighted by atomic mass is 16.3. The zero-order chi connectivity index (χ0) is 6.57. The minimum atomic E-state index is -0.190. The van der Waals surface area contributed by atoms with Crippen LogP contribution in [0.15, 0.2) is 11.6 Å². The van der Waals surface area contributed by atoms with Gasteiger partial charge < -0.3 is 5.11 Å². The third-order valence-corrected chi connectivity index (χ3v) is 0.867. The van der Waals surface area contributed by atoms with Gasteiger partial charge in [-0.3, -0.25) is 0 Å². The molecule has 0 rings (SSSR count). The lowest BCUT2D eigenvalue weighted by Crippen LogP contribution is -1.95. The predicted octanol–water partition coefficient (Wildman–Crippen LogP) is 1.72. The molecule has 0 saturated heterocycles. The number of hydrogen-bond acceptors (Lipinski definition) is 1. The number of hydrogen-bond donors (Lipinski definition) is 1. The normalized spacial score (nSPS) is 13.0. The molecule has 1 N–H and O–H groups in total. The zero-order valence-electron chi connectivity index (χ0n) is 5.81. The Hall–Kier alpha value is -0.300. The summed E-state index contributed by atoms with van der Waals surface area (Å²) < 4.78 is 0. The van der Waals surface area contributed by atoms with Crippen LogP contribution in [0.5, 0.6) is 0 Å². The fourth-order valence-electron chi connectivity index (χ4n) is 0.406. The van der Waals surface area contributed by atoms with Crippen LogP contribution in [0.25, 0.3) is 0 Å². The summed E-state index contributed by atoms with van der Waals surface area (Å²) in [4.78, 5) is 0. The van der Waals surface area contributed by atoms with E-state index in [1.54, 1.807) is 6.92 Å². The van der Waals surface area contributed by atoms with Gasteiger partial charge >= 0.3 is 0 Å². The van der Waals surface area contributed by atoms with Gasteiger partial charge in [0.2, 0.25) is 0 Å². The molecule has 0 bridgehead atoms. The van der Waals surface area contributed by atoms with Crippen LogP contribution in [0.1, 0.15) is 27.2 Å². The molecule has 1 heteroatoms. The molecule has 1 nitrogen and oxygen atoms in total. The lowest BCUT2D eigenvalue weighted by Gasteiger charge is -1.96. The van der Waals surface area contributed by atoms with Crippen molar-refractivity contribution in [1.29, 1.82) is 0 Å². The molecule has 0 aromatic rings. The SMILES string of the molecule is CC(C)=CCC(C)O. The van der Waals surface area contributed by atoms with Gasteiger partial charge in [-0.2, -0.15) is 0 Å². The summed E-state index contributed by atoms with van der Waals surface area (Å²) in [6.07, 6.45) is 2.62. The molecule has 0 fully saturated rings. The standard InChI is InChI=1S/C7H14O/c1-6(2)4-5-7(3)8/h4,7-8H,5H2,1-3H3. The van der Waals surface area contributed by atoms with E-state index in [1.165, 1.54) is 5.57 Å². The van der Waals surface area contributed by atoms with Gasteiger partial charge in [-0.05, 0) is 27.2 Å². The Morgan fingerprint density at radius 3 is 2.25 bits per heavy atom. The molecule has 0 aliphatic carbocycles. The van der Waals surface area contributed by atoms with E-state index in [9.17, 15) is 0 Å². The smallest absolute Gasteiger partial charge is 0.0546 e. The monoisotopic (exact) mass is 114 g/mol. The van der Waals surface area contributed by atoms with E-state index in [-0.39, 0.29) is 6.10 Å². The van der Waals surface area contributed by atoms with Crippen molar-refractivity contribution in [1.82, 2.24) is 0 Å². The maximum Gasteiger partial charge on any atom is 0.0546 e. The van der Waals surface area contributed by atoms with Crippen LogP contribution >= 0.6 is 0 Å². The second-order valence-electron chi connectivity index (χ2n) is 2.37.